The van der Waals surface area contributed by atoms with Gasteiger partial charge in [-0.2, -0.15) is 0 Å². The van der Waals surface area contributed by atoms with Crippen molar-refractivity contribution in [3.05, 3.63) is 78.6 Å². The Bertz CT molecular complexity index is 913. The van der Waals surface area contributed by atoms with Crippen molar-refractivity contribution >= 4 is 11.4 Å². The molecule has 0 saturated carbocycles. The van der Waals surface area contributed by atoms with Crippen molar-refractivity contribution in [3.8, 4) is 0 Å². The topological polar surface area (TPSA) is 24.3 Å². The van der Waals surface area contributed by atoms with E-state index in [1.54, 1.807) is 0 Å². The maximum Gasteiger partial charge on any atom is 0.128 e. The standard InChI is InChI=1S/C26H36N4/c1-6-21(4)17-19-29-23(7-2)14-10-9-13-18-27-26(29)20-30-22(5)28(8-3)24-15-11-12-16-25(24)30/h9-16,18,21H,5-8,17,19-20H2,1-4H3. The van der Waals surface area contributed by atoms with E-state index in [2.05, 4.69) is 91.1 Å². The van der Waals surface area contributed by atoms with Crippen LogP contribution in [0.25, 0.3) is 0 Å². The third-order valence-corrected chi connectivity index (χ3v) is 6.09. The zero-order valence-electron chi connectivity index (χ0n) is 19.0. The van der Waals surface area contributed by atoms with Gasteiger partial charge in [0, 0.05) is 25.0 Å². The van der Waals surface area contributed by atoms with Gasteiger partial charge in [-0.15, -0.1) is 0 Å². The average Bonchev–Trinajstić information content (AvgIpc) is 3.08. The minimum Gasteiger partial charge on any atom is -0.332 e. The summed E-state index contributed by atoms with van der Waals surface area (Å²) in [5.41, 5.74) is 3.74. The van der Waals surface area contributed by atoms with Crippen molar-refractivity contribution in [3.63, 3.8) is 0 Å². The number of aromatic nitrogens is 2. The van der Waals surface area contributed by atoms with Gasteiger partial charge in [-0.3, -0.25) is 0 Å². The van der Waals surface area contributed by atoms with Gasteiger partial charge in [0.1, 0.15) is 11.6 Å². The average molecular weight is 405 g/mol. The second kappa shape index (κ2) is 10.3. The molecule has 3 rings (SSSR count). The van der Waals surface area contributed by atoms with Gasteiger partial charge < -0.3 is 14.4 Å². The molecule has 1 atom stereocenters. The molecule has 4 nitrogen and oxygen atoms in total. The molecule has 30 heavy (non-hydrogen) atoms. The van der Waals surface area contributed by atoms with Crippen LogP contribution in [0.15, 0.2) is 67.1 Å². The van der Waals surface area contributed by atoms with E-state index in [4.69, 9.17) is 4.98 Å². The van der Waals surface area contributed by atoms with Crippen LogP contribution in [-0.4, -0.2) is 16.1 Å². The smallest absolute Gasteiger partial charge is 0.128 e. The van der Waals surface area contributed by atoms with E-state index in [0.717, 1.165) is 37.6 Å². The lowest BCUT2D eigenvalue weighted by molar-refractivity contribution is 0.451. The predicted octanol–water partition coefficient (Wildman–Crippen LogP) is 6.32. The van der Waals surface area contributed by atoms with E-state index in [1.807, 2.05) is 12.3 Å². The number of para-hydroxylation sites is 2. The van der Waals surface area contributed by atoms with Crippen LogP contribution >= 0.6 is 0 Å². The van der Waals surface area contributed by atoms with Gasteiger partial charge in [0.2, 0.25) is 0 Å². The summed E-state index contributed by atoms with van der Waals surface area (Å²) in [6.07, 6.45) is 5.24. The molecule has 4 heteroatoms. The van der Waals surface area contributed by atoms with Crippen LogP contribution in [0.3, 0.4) is 0 Å². The first-order chi connectivity index (χ1) is 14.6. The minimum atomic E-state index is 0.695. The van der Waals surface area contributed by atoms with Crippen LogP contribution < -0.4 is 9.80 Å². The Balaban J connectivity index is 2.06. The zero-order valence-corrected chi connectivity index (χ0v) is 19.0. The Morgan fingerprint density at radius 1 is 0.933 bits per heavy atom. The third kappa shape index (κ3) is 4.69. The number of aryl methyl sites for hydroxylation is 1. The third-order valence-electron chi connectivity index (χ3n) is 6.09. The van der Waals surface area contributed by atoms with Crippen LogP contribution in [-0.2, 0) is 19.5 Å². The first kappa shape index (κ1) is 21.9. The highest BCUT2D eigenvalue weighted by atomic mass is 15.4. The summed E-state index contributed by atoms with van der Waals surface area (Å²) >= 11 is 0. The quantitative estimate of drug-likeness (QED) is 0.514. The molecule has 0 amide bonds. The van der Waals surface area contributed by atoms with Crippen LogP contribution in [0.1, 0.15) is 52.1 Å². The first-order valence-electron chi connectivity index (χ1n) is 11.3. The van der Waals surface area contributed by atoms with E-state index >= 15 is 0 Å². The molecule has 1 unspecified atom stereocenters. The number of hydrogen-bond donors (Lipinski definition) is 0. The monoisotopic (exact) mass is 404 g/mol. The molecule has 0 aliphatic carbocycles. The van der Waals surface area contributed by atoms with Crippen LogP contribution in [0, 0.1) is 5.92 Å². The normalized spacial score (nSPS) is 13.9. The molecule has 1 aromatic carbocycles. The minimum absolute atomic E-state index is 0.695. The number of benzene rings is 1. The van der Waals surface area contributed by atoms with E-state index in [9.17, 15) is 0 Å². The van der Waals surface area contributed by atoms with Gasteiger partial charge in [0.05, 0.1) is 17.9 Å². The SMILES string of the molecule is C=C1N(CC)c2ccccc2N1Cc1ncccccc(CC)n1CCC(C)CC. The fraction of sp³-hybridized carbons (Fsp3) is 0.423. The molecular weight excluding hydrogens is 368 g/mol. The summed E-state index contributed by atoms with van der Waals surface area (Å²) in [6.45, 7) is 16.0. The molecule has 1 aliphatic heterocycles. The van der Waals surface area contributed by atoms with E-state index < -0.39 is 0 Å². The number of hydrogen-bond acceptors (Lipinski definition) is 3. The van der Waals surface area contributed by atoms with Crippen LogP contribution in [0.5, 0.6) is 0 Å². The van der Waals surface area contributed by atoms with Gasteiger partial charge in [0.25, 0.3) is 0 Å². The number of fused-ring (bicyclic) bond motifs is 1. The number of anilines is 2. The van der Waals surface area contributed by atoms with E-state index in [1.165, 1.54) is 23.5 Å². The summed E-state index contributed by atoms with van der Waals surface area (Å²) in [5, 5.41) is 0. The summed E-state index contributed by atoms with van der Waals surface area (Å²) in [4.78, 5) is 9.50. The lowest BCUT2D eigenvalue weighted by Crippen LogP contribution is -2.29. The predicted molar refractivity (Wildman–Crippen MR) is 128 cm³/mol. The van der Waals surface area contributed by atoms with Crippen molar-refractivity contribution < 1.29 is 0 Å². The van der Waals surface area contributed by atoms with Gasteiger partial charge in [-0.05, 0) is 49.9 Å². The van der Waals surface area contributed by atoms with Crippen molar-refractivity contribution in [1.29, 1.82) is 0 Å². The van der Waals surface area contributed by atoms with Gasteiger partial charge in [0.15, 0.2) is 0 Å². The second-order valence-electron chi connectivity index (χ2n) is 7.97. The highest BCUT2D eigenvalue weighted by molar-refractivity contribution is 5.82. The Morgan fingerprint density at radius 2 is 1.63 bits per heavy atom. The lowest BCUT2D eigenvalue weighted by atomic mass is 10.1. The number of nitrogens with zero attached hydrogens (tertiary/aromatic N) is 4. The molecule has 0 fully saturated rings. The molecular formula is C26H36N4. The Hall–Kier alpha value is -2.75. The molecule has 0 N–H and O–H groups in total. The van der Waals surface area contributed by atoms with Gasteiger partial charge in [-0.1, -0.05) is 58.0 Å². The second-order valence-corrected chi connectivity index (χ2v) is 7.97. The van der Waals surface area contributed by atoms with Crippen LogP contribution in [0.2, 0.25) is 0 Å². The van der Waals surface area contributed by atoms with Gasteiger partial charge >= 0.3 is 0 Å². The first-order valence-corrected chi connectivity index (χ1v) is 11.3. The zero-order chi connectivity index (χ0) is 21.5. The largest absolute Gasteiger partial charge is 0.332 e. The molecule has 0 bridgehead atoms. The van der Waals surface area contributed by atoms with Crippen molar-refractivity contribution in [2.24, 2.45) is 5.92 Å². The Morgan fingerprint density at radius 3 is 2.30 bits per heavy atom. The van der Waals surface area contributed by atoms with Crippen LogP contribution in [0.4, 0.5) is 11.4 Å². The Labute approximate surface area is 182 Å². The molecule has 1 aromatic heterocycles. The maximum atomic E-state index is 4.92. The Kier molecular flexibility index (Phi) is 7.56. The molecule has 0 spiro atoms. The highest BCUT2D eigenvalue weighted by Gasteiger charge is 2.29. The molecule has 2 aromatic rings. The van der Waals surface area contributed by atoms with Crippen molar-refractivity contribution in [2.45, 2.75) is 60.0 Å². The maximum absolute atomic E-state index is 4.92. The fourth-order valence-electron chi connectivity index (χ4n) is 4.01. The summed E-state index contributed by atoms with van der Waals surface area (Å²) in [7, 11) is 0. The molecule has 0 radical (unpaired) electrons. The summed E-state index contributed by atoms with van der Waals surface area (Å²) < 4.78 is 2.43. The molecule has 160 valence electrons. The summed E-state index contributed by atoms with van der Waals surface area (Å²) in [6, 6.07) is 17.0. The van der Waals surface area contributed by atoms with E-state index in [-0.39, 0.29) is 0 Å². The summed E-state index contributed by atoms with van der Waals surface area (Å²) in [5.74, 6) is 2.79. The molecule has 0 saturated heterocycles. The molecule has 1 aliphatic rings. The van der Waals surface area contributed by atoms with Gasteiger partial charge in [-0.25, -0.2) is 4.98 Å². The molecule has 2 heterocycles. The van der Waals surface area contributed by atoms with Crippen molar-refractivity contribution in [1.82, 2.24) is 9.55 Å². The fourth-order valence-corrected chi connectivity index (χ4v) is 4.01. The lowest BCUT2D eigenvalue weighted by Gasteiger charge is -2.25. The number of rotatable bonds is 8. The van der Waals surface area contributed by atoms with Crippen molar-refractivity contribution in [2.75, 3.05) is 16.3 Å². The highest BCUT2D eigenvalue weighted by Crippen LogP contribution is 2.41. The van der Waals surface area contributed by atoms with E-state index in [0.29, 0.717) is 12.5 Å².